The third-order valence-corrected chi connectivity index (χ3v) is 3.89. The van der Waals surface area contributed by atoms with Crippen LogP contribution in [0.5, 0.6) is 0 Å². The lowest BCUT2D eigenvalue weighted by Crippen LogP contribution is -2.44. The van der Waals surface area contributed by atoms with Crippen molar-refractivity contribution in [3.05, 3.63) is 35.9 Å². The minimum Gasteiger partial charge on any atom is -0.430 e. The Morgan fingerprint density at radius 2 is 2.00 bits per heavy atom. The summed E-state index contributed by atoms with van der Waals surface area (Å²) in [5.41, 5.74) is 1.22. The summed E-state index contributed by atoms with van der Waals surface area (Å²) in [5.74, 6) is 0.237. The summed E-state index contributed by atoms with van der Waals surface area (Å²) in [6.07, 6.45) is 0.520. The van der Waals surface area contributed by atoms with Crippen molar-refractivity contribution in [2.45, 2.75) is 18.6 Å². The second kappa shape index (κ2) is 6.24. The van der Waals surface area contributed by atoms with Gasteiger partial charge in [0.1, 0.15) is 0 Å². The molecule has 0 spiro atoms. The molecule has 1 aromatic carbocycles. The second-order valence-electron chi connectivity index (χ2n) is 5.16. The zero-order chi connectivity index (χ0) is 13.8. The summed E-state index contributed by atoms with van der Waals surface area (Å²) >= 11 is 0. The molecule has 0 aromatic heterocycles. The molecule has 0 radical (unpaired) electrons. The van der Waals surface area contributed by atoms with E-state index in [4.69, 9.17) is 9.47 Å². The van der Waals surface area contributed by atoms with Gasteiger partial charge in [0.25, 0.3) is 0 Å². The standard InChI is InChI=1S/C15H20N2O3/c18-15(17-8-10-19-11-9-17)20-14-13(6-7-16-14)12-4-2-1-3-5-12/h1-5,13-14,16H,6-11H2/t13-,14+/m1/s1. The van der Waals surface area contributed by atoms with Crippen LogP contribution in [0.3, 0.4) is 0 Å². The molecule has 0 aliphatic carbocycles. The first kappa shape index (κ1) is 13.4. The van der Waals surface area contributed by atoms with Crippen molar-refractivity contribution in [1.29, 1.82) is 0 Å². The highest BCUT2D eigenvalue weighted by atomic mass is 16.6. The van der Waals surface area contributed by atoms with E-state index < -0.39 is 0 Å². The zero-order valence-corrected chi connectivity index (χ0v) is 11.5. The molecule has 5 heteroatoms. The average molecular weight is 276 g/mol. The Hall–Kier alpha value is -1.59. The predicted molar refractivity (Wildman–Crippen MR) is 74.5 cm³/mol. The van der Waals surface area contributed by atoms with E-state index in [1.54, 1.807) is 4.90 Å². The van der Waals surface area contributed by atoms with Crippen LogP contribution in [0, 0.1) is 0 Å². The summed E-state index contributed by atoms with van der Waals surface area (Å²) in [6, 6.07) is 10.2. The van der Waals surface area contributed by atoms with E-state index in [1.807, 2.05) is 18.2 Å². The minimum absolute atomic E-state index is 0.229. The summed E-state index contributed by atoms with van der Waals surface area (Å²) in [4.78, 5) is 13.9. The molecule has 2 fully saturated rings. The van der Waals surface area contributed by atoms with E-state index in [1.165, 1.54) is 5.56 Å². The number of carbonyl (C=O) groups excluding carboxylic acids is 1. The Labute approximate surface area is 118 Å². The largest absolute Gasteiger partial charge is 0.430 e. The van der Waals surface area contributed by atoms with Crippen LogP contribution < -0.4 is 5.32 Å². The summed E-state index contributed by atoms with van der Waals surface area (Å²) in [7, 11) is 0. The van der Waals surface area contributed by atoms with Gasteiger partial charge in [0.05, 0.1) is 13.2 Å². The van der Waals surface area contributed by atoms with E-state index in [2.05, 4.69) is 17.4 Å². The number of rotatable bonds is 2. The minimum atomic E-state index is -0.242. The lowest BCUT2D eigenvalue weighted by Gasteiger charge is -2.29. The van der Waals surface area contributed by atoms with E-state index in [-0.39, 0.29) is 18.2 Å². The quantitative estimate of drug-likeness (QED) is 0.890. The molecular weight excluding hydrogens is 256 g/mol. The van der Waals surface area contributed by atoms with E-state index in [0.29, 0.717) is 26.3 Å². The second-order valence-corrected chi connectivity index (χ2v) is 5.16. The fraction of sp³-hybridized carbons (Fsp3) is 0.533. The lowest BCUT2D eigenvalue weighted by atomic mass is 9.97. The molecule has 0 saturated carbocycles. The van der Waals surface area contributed by atoms with Crippen LogP contribution in [-0.4, -0.2) is 50.1 Å². The van der Waals surface area contributed by atoms with E-state index in [0.717, 1.165) is 13.0 Å². The number of morpholine rings is 1. The Kier molecular flexibility index (Phi) is 4.18. The fourth-order valence-electron chi connectivity index (χ4n) is 2.77. The predicted octanol–water partition coefficient (Wildman–Crippen LogP) is 1.56. The molecule has 2 saturated heterocycles. The molecule has 2 atom stereocenters. The highest BCUT2D eigenvalue weighted by Crippen LogP contribution is 2.28. The molecule has 5 nitrogen and oxygen atoms in total. The van der Waals surface area contributed by atoms with Gasteiger partial charge in [-0.15, -0.1) is 0 Å². The van der Waals surface area contributed by atoms with Crippen molar-refractivity contribution in [2.24, 2.45) is 0 Å². The fourth-order valence-corrected chi connectivity index (χ4v) is 2.77. The number of hydrogen-bond donors (Lipinski definition) is 1. The van der Waals surface area contributed by atoms with Crippen molar-refractivity contribution in [3.63, 3.8) is 0 Å². The molecule has 2 heterocycles. The number of amides is 1. The Morgan fingerprint density at radius 1 is 1.25 bits per heavy atom. The number of ether oxygens (including phenoxy) is 2. The van der Waals surface area contributed by atoms with Gasteiger partial charge in [0.15, 0.2) is 6.23 Å². The summed E-state index contributed by atoms with van der Waals surface area (Å²) in [6.45, 7) is 3.29. The molecule has 20 heavy (non-hydrogen) atoms. The molecule has 0 bridgehead atoms. The maximum absolute atomic E-state index is 12.1. The van der Waals surface area contributed by atoms with Gasteiger partial charge in [0.2, 0.25) is 0 Å². The first-order chi connectivity index (χ1) is 9.84. The highest BCUT2D eigenvalue weighted by molar-refractivity contribution is 5.68. The summed E-state index contributed by atoms with van der Waals surface area (Å²) < 4.78 is 10.9. The van der Waals surface area contributed by atoms with Gasteiger partial charge in [0, 0.05) is 19.0 Å². The molecule has 2 aliphatic rings. The first-order valence-corrected chi connectivity index (χ1v) is 7.16. The van der Waals surface area contributed by atoms with Gasteiger partial charge < -0.3 is 14.4 Å². The van der Waals surface area contributed by atoms with Gasteiger partial charge in [-0.2, -0.15) is 0 Å². The van der Waals surface area contributed by atoms with Gasteiger partial charge in [-0.1, -0.05) is 30.3 Å². The zero-order valence-electron chi connectivity index (χ0n) is 11.5. The number of nitrogens with zero attached hydrogens (tertiary/aromatic N) is 1. The van der Waals surface area contributed by atoms with Crippen molar-refractivity contribution < 1.29 is 14.3 Å². The molecule has 1 N–H and O–H groups in total. The van der Waals surface area contributed by atoms with E-state index in [9.17, 15) is 4.79 Å². The third-order valence-electron chi connectivity index (χ3n) is 3.89. The van der Waals surface area contributed by atoms with Crippen molar-refractivity contribution in [3.8, 4) is 0 Å². The molecule has 2 aliphatic heterocycles. The first-order valence-electron chi connectivity index (χ1n) is 7.16. The lowest BCUT2D eigenvalue weighted by molar-refractivity contribution is 0.00648. The normalized spacial score (nSPS) is 26.5. The van der Waals surface area contributed by atoms with E-state index >= 15 is 0 Å². The van der Waals surface area contributed by atoms with Crippen LogP contribution in [0.25, 0.3) is 0 Å². The van der Waals surface area contributed by atoms with Crippen molar-refractivity contribution in [1.82, 2.24) is 10.2 Å². The number of carbonyl (C=O) groups is 1. The number of nitrogens with one attached hydrogen (secondary N) is 1. The Balaban J connectivity index is 1.62. The smallest absolute Gasteiger partial charge is 0.411 e. The van der Waals surface area contributed by atoms with Crippen LogP contribution in [0.15, 0.2) is 30.3 Å². The van der Waals surface area contributed by atoms with Crippen LogP contribution >= 0.6 is 0 Å². The Bertz CT molecular complexity index is 446. The molecule has 1 amide bonds. The van der Waals surface area contributed by atoms with Gasteiger partial charge in [-0.3, -0.25) is 5.32 Å². The average Bonchev–Trinajstić information content (AvgIpc) is 2.97. The van der Waals surface area contributed by atoms with Crippen molar-refractivity contribution in [2.75, 3.05) is 32.8 Å². The monoisotopic (exact) mass is 276 g/mol. The Morgan fingerprint density at radius 3 is 2.75 bits per heavy atom. The number of benzene rings is 1. The van der Waals surface area contributed by atoms with Crippen LogP contribution in [0.2, 0.25) is 0 Å². The molecule has 108 valence electrons. The maximum Gasteiger partial charge on any atom is 0.411 e. The molecule has 0 unspecified atom stereocenters. The third kappa shape index (κ3) is 2.94. The van der Waals surface area contributed by atoms with Crippen LogP contribution in [0.4, 0.5) is 4.79 Å². The van der Waals surface area contributed by atoms with Crippen LogP contribution in [0.1, 0.15) is 17.9 Å². The van der Waals surface area contributed by atoms with Gasteiger partial charge >= 0.3 is 6.09 Å². The molecule has 3 rings (SSSR count). The van der Waals surface area contributed by atoms with Crippen molar-refractivity contribution >= 4 is 6.09 Å². The SMILES string of the molecule is O=C(O[C@@H]1NCC[C@@H]1c1ccccc1)N1CCOCC1. The topological polar surface area (TPSA) is 50.8 Å². The molecule has 1 aromatic rings. The maximum atomic E-state index is 12.1. The summed E-state index contributed by atoms with van der Waals surface area (Å²) in [5, 5.41) is 3.27. The van der Waals surface area contributed by atoms with Gasteiger partial charge in [-0.05, 0) is 18.5 Å². The van der Waals surface area contributed by atoms with Crippen LogP contribution in [-0.2, 0) is 9.47 Å². The number of hydrogen-bond acceptors (Lipinski definition) is 4. The highest BCUT2D eigenvalue weighted by Gasteiger charge is 2.32. The molecular formula is C15H20N2O3. The van der Waals surface area contributed by atoms with Gasteiger partial charge in [-0.25, -0.2) is 4.79 Å².